The molecule has 2 aliphatic rings. The molecule has 0 spiro atoms. The van der Waals surface area contributed by atoms with Crippen LogP contribution in [0.1, 0.15) is 11.1 Å². The summed E-state index contributed by atoms with van der Waals surface area (Å²) in [7, 11) is 0. The zero-order valence-electron chi connectivity index (χ0n) is 14.6. The number of hydrogen-bond donors (Lipinski definition) is 0. The van der Waals surface area contributed by atoms with Gasteiger partial charge in [-0.15, -0.1) is 0 Å². The van der Waals surface area contributed by atoms with Crippen molar-refractivity contribution in [2.24, 2.45) is 0 Å². The lowest BCUT2D eigenvalue weighted by molar-refractivity contribution is 0.117. The molecule has 2 heterocycles. The van der Waals surface area contributed by atoms with Gasteiger partial charge in [-0.25, -0.2) is 4.39 Å². The van der Waals surface area contributed by atoms with E-state index >= 15 is 0 Å². The minimum Gasteiger partial charge on any atom is -0.486 e. The molecule has 26 heavy (non-hydrogen) atoms. The molecule has 0 atom stereocenters. The molecule has 0 amide bonds. The zero-order valence-corrected chi connectivity index (χ0v) is 15.3. The van der Waals surface area contributed by atoms with Crippen LogP contribution in [0.4, 0.5) is 4.39 Å². The highest BCUT2D eigenvalue weighted by molar-refractivity contribution is 6.31. The van der Waals surface area contributed by atoms with Gasteiger partial charge in [-0.05, 0) is 18.2 Å². The molecule has 2 aliphatic heterocycles. The Kier molecular flexibility index (Phi) is 5.29. The summed E-state index contributed by atoms with van der Waals surface area (Å²) in [6, 6.07) is 10.9. The number of fused-ring (bicyclic) bond motifs is 1. The molecule has 4 rings (SSSR count). The van der Waals surface area contributed by atoms with E-state index in [4.69, 9.17) is 21.1 Å². The summed E-state index contributed by atoms with van der Waals surface area (Å²) >= 11 is 6.15. The molecule has 0 radical (unpaired) electrons. The smallest absolute Gasteiger partial charge is 0.165 e. The van der Waals surface area contributed by atoms with E-state index in [9.17, 15) is 4.39 Å². The van der Waals surface area contributed by atoms with Crippen LogP contribution in [0, 0.1) is 5.82 Å². The summed E-state index contributed by atoms with van der Waals surface area (Å²) in [5, 5.41) is 0.500. The van der Waals surface area contributed by atoms with Crippen molar-refractivity contribution in [2.75, 3.05) is 39.4 Å². The van der Waals surface area contributed by atoms with Crippen LogP contribution in [0.25, 0.3) is 0 Å². The maximum Gasteiger partial charge on any atom is 0.165 e. The fraction of sp³-hybridized carbons (Fsp3) is 0.400. The number of benzene rings is 2. The Morgan fingerprint density at radius 3 is 2.35 bits per heavy atom. The summed E-state index contributed by atoms with van der Waals surface area (Å²) < 4.78 is 25.4. The van der Waals surface area contributed by atoms with Crippen molar-refractivity contribution in [3.05, 3.63) is 58.4 Å². The van der Waals surface area contributed by atoms with E-state index in [1.165, 1.54) is 6.07 Å². The number of ether oxygens (including phenoxy) is 2. The average Bonchev–Trinajstić information content (AvgIpc) is 2.66. The van der Waals surface area contributed by atoms with E-state index in [0.717, 1.165) is 49.8 Å². The third-order valence-corrected chi connectivity index (χ3v) is 5.30. The lowest BCUT2D eigenvalue weighted by Gasteiger charge is -2.35. The van der Waals surface area contributed by atoms with E-state index in [2.05, 4.69) is 15.9 Å². The van der Waals surface area contributed by atoms with Crippen molar-refractivity contribution in [1.29, 1.82) is 0 Å². The third kappa shape index (κ3) is 3.80. The van der Waals surface area contributed by atoms with Gasteiger partial charge >= 0.3 is 0 Å². The number of hydrogen-bond acceptors (Lipinski definition) is 4. The molecule has 0 N–H and O–H groups in total. The van der Waals surface area contributed by atoms with Crippen LogP contribution in [-0.4, -0.2) is 49.2 Å². The van der Waals surface area contributed by atoms with Crippen LogP contribution in [0.15, 0.2) is 36.4 Å². The van der Waals surface area contributed by atoms with Crippen molar-refractivity contribution < 1.29 is 13.9 Å². The molecule has 2 aromatic rings. The van der Waals surface area contributed by atoms with E-state index in [1.807, 2.05) is 12.1 Å². The van der Waals surface area contributed by atoms with Crippen LogP contribution >= 0.6 is 11.6 Å². The Hall–Kier alpha value is -1.82. The summed E-state index contributed by atoms with van der Waals surface area (Å²) in [6.45, 7) is 6.22. The molecule has 0 aliphatic carbocycles. The molecular weight excluding hydrogens is 355 g/mol. The summed E-state index contributed by atoms with van der Waals surface area (Å²) in [4.78, 5) is 4.65. The molecule has 0 bridgehead atoms. The highest BCUT2D eigenvalue weighted by Gasteiger charge is 2.22. The average molecular weight is 377 g/mol. The highest BCUT2D eigenvalue weighted by Crippen LogP contribution is 2.34. The first-order chi connectivity index (χ1) is 12.7. The first-order valence-electron chi connectivity index (χ1n) is 8.96. The lowest BCUT2D eigenvalue weighted by Crippen LogP contribution is -2.45. The van der Waals surface area contributed by atoms with Gasteiger partial charge in [0, 0.05) is 55.4 Å². The van der Waals surface area contributed by atoms with Gasteiger partial charge in [0.2, 0.25) is 0 Å². The zero-order chi connectivity index (χ0) is 17.9. The molecule has 0 unspecified atom stereocenters. The Bertz CT molecular complexity index is 758. The number of halogens is 2. The van der Waals surface area contributed by atoms with E-state index in [1.54, 1.807) is 12.1 Å². The molecular formula is C20H22ClFN2O2. The van der Waals surface area contributed by atoms with Crippen molar-refractivity contribution in [2.45, 2.75) is 13.1 Å². The van der Waals surface area contributed by atoms with Crippen LogP contribution < -0.4 is 9.47 Å². The van der Waals surface area contributed by atoms with Crippen molar-refractivity contribution >= 4 is 11.6 Å². The standard InChI is InChI=1S/C20H22ClFN2O2/c21-17-4-2-5-18(22)16(17)14-24-9-7-23(8-10-24)13-15-3-1-6-19-20(15)26-12-11-25-19/h1-6H,7-14H2. The van der Waals surface area contributed by atoms with E-state index < -0.39 is 0 Å². The molecule has 6 heteroatoms. The lowest BCUT2D eigenvalue weighted by atomic mass is 10.1. The highest BCUT2D eigenvalue weighted by atomic mass is 35.5. The van der Waals surface area contributed by atoms with Gasteiger partial charge in [0.05, 0.1) is 0 Å². The first-order valence-corrected chi connectivity index (χ1v) is 9.33. The summed E-state index contributed by atoms with van der Waals surface area (Å²) in [5.41, 5.74) is 1.75. The Balaban J connectivity index is 1.36. The fourth-order valence-corrected chi connectivity index (χ4v) is 3.73. The second-order valence-electron chi connectivity index (χ2n) is 6.69. The van der Waals surface area contributed by atoms with Crippen LogP contribution in [-0.2, 0) is 13.1 Å². The van der Waals surface area contributed by atoms with Gasteiger partial charge in [-0.2, -0.15) is 0 Å². The van der Waals surface area contributed by atoms with Crippen LogP contribution in [0.5, 0.6) is 11.5 Å². The Morgan fingerprint density at radius 1 is 0.885 bits per heavy atom. The van der Waals surface area contributed by atoms with Gasteiger partial charge in [0.15, 0.2) is 11.5 Å². The maximum absolute atomic E-state index is 14.0. The van der Waals surface area contributed by atoms with Gasteiger partial charge in [-0.3, -0.25) is 9.80 Å². The molecule has 0 aromatic heterocycles. The molecule has 1 saturated heterocycles. The molecule has 0 saturated carbocycles. The fourth-order valence-electron chi connectivity index (χ4n) is 3.51. The number of piperazine rings is 1. The number of rotatable bonds is 4. The SMILES string of the molecule is Fc1cccc(Cl)c1CN1CCN(Cc2cccc3c2OCCO3)CC1. The molecule has 138 valence electrons. The maximum atomic E-state index is 14.0. The van der Waals surface area contributed by atoms with E-state index in [0.29, 0.717) is 30.3 Å². The van der Waals surface area contributed by atoms with Gasteiger partial charge in [0.1, 0.15) is 19.0 Å². The second kappa shape index (κ2) is 7.82. The molecule has 2 aromatic carbocycles. The van der Waals surface area contributed by atoms with Gasteiger partial charge in [-0.1, -0.05) is 29.8 Å². The van der Waals surface area contributed by atoms with Crippen molar-refractivity contribution in [3.8, 4) is 11.5 Å². The first kappa shape index (κ1) is 17.6. The largest absolute Gasteiger partial charge is 0.486 e. The second-order valence-corrected chi connectivity index (χ2v) is 7.10. The topological polar surface area (TPSA) is 24.9 Å². The monoisotopic (exact) mass is 376 g/mol. The predicted octanol–water partition coefficient (Wildman–Crippen LogP) is 3.57. The third-order valence-electron chi connectivity index (χ3n) is 4.95. The number of para-hydroxylation sites is 1. The number of nitrogens with zero attached hydrogens (tertiary/aromatic N) is 2. The van der Waals surface area contributed by atoms with Crippen LogP contribution in [0.3, 0.4) is 0 Å². The molecule has 4 nitrogen and oxygen atoms in total. The van der Waals surface area contributed by atoms with Crippen LogP contribution in [0.2, 0.25) is 5.02 Å². The minimum atomic E-state index is -0.229. The Morgan fingerprint density at radius 2 is 1.58 bits per heavy atom. The summed E-state index contributed by atoms with van der Waals surface area (Å²) in [5.74, 6) is 1.48. The van der Waals surface area contributed by atoms with Crippen molar-refractivity contribution in [3.63, 3.8) is 0 Å². The van der Waals surface area contributed by atoms with Gasteiger partial charge < -0.3 is 9.47 Å². The minimum absolute atomic E-state index is 0.229. The normalized spacial score (nSPS) is 18.1. The summed E-state index contributed by atoms with van der Waals surface area (Å²) in [6.07, 6.45) is 0. The van der Waals surface area contributed by atoms with E-state index in [-0.39, 0.29) is 5.82 Å². The molecule has 1 fully saturated rings. The van der Waals surface area contributed by atoms with Crippen molar-refractivity contribution in [1.82, 2.24) is 9.80 Å². The predicted molar refractivity (Wildman–Crippen MR) is 99.4 cm³/mol. The van der Waals surface area contributed by atoms with Gasteiger partial charge in [0.25, 0.3) is 0 Å². The quantitative estimate of drug-likeness (QED) is 0.814. The Labute approximate surface area is 158 Å².